The Morgan fingerprint density at radius 3 is 1.53 bits per heavy atom. The van der Waals surface area contributed by atoms with Gasteiger partial charge in [-0.05, 0) is 128 Å². The van der Waals surface area contributed by atoms with E-state index in [4.69, 9.17) is 4.42 Å². The Balaban J connectivity index is 0.954. The van der Waals surface area contributed by atoms with Gasteiger partial charge in [-0.2, -0.15) is 0 Å². The molecule has 0 saturated carbocycles. The lowest BCUT2D eigenvalue weighted by Gasteiger charge is -2.35. The first-order chi connectivity index (χ1) is 37.7. The van der Waals surface area contributed by atoms with Gasteiger partial charge in [0.15, 0.2) is 0 Å². The molecule has 0 saturated heterocycles. The minimum absolute atomic E-state index is 0.684. The third-order valence-electron chi connectivity index (χ3n) is 15.9. The average molecular weight is 969 g/mol. The van der Waals surface area contributed by atoms with Gasteiger partial charge in [0.2, 0.25) is 0 Å². The van der Waals surface area contributed by atoms with Gasteiger partial charge in [-0.1, -0.05) is 224 Å². The first-order valence-corrected chi connectivity index (χ1v) is 26.1. The molecule has 0 spiro atoms. The number of fused-ring (bicyclic) bond motifs is 9. The highest BCUT2D eigenvalue weighted by Crippen LogP contribution is 2.58. The summed E-state index contributed by atoms with van der Waals surface area (Å²) in [4.78, 5) is 2.45. The van der Waals surface area contributed by atoms with Crippen LogP contribution in [0.2, 0.25) is 0 Å². The van der Waals surface area contributed by atoms with Gasteiger partial charge in [0.1, 0.15) is 11.2 Å². The third-order valence-corrected chi connectivity index (χ3v) is 15.9. The Labute approximate surface area is 441 Å². The van der Waals surface area contributed by atoms with E-state index < -0.39 is 5.41 Å². The Bertz CT molecular complexity index is 4480. The summed E-state index contributed by atoms with van der Waals surface area (Å²) in [7, 11) is 0. The molecule has 0 N–H and O–H groups in total. The highest BCUT2D eigenvalue weighted by molar-refractivity contribution is 6.11. The maximum absolute atomic E-state index is 6.60. The SMILES string of the molecule is c1ccc(-c2ccc(N(c3ccc4c(c3)C(c3ccc(-c5ccccc5)cc3)(c3ccc(-c5cccc6c5oc5ccccc56)cc3)c3ccccc3-4)c3ccc4c(c3)c3ccccc3n4-c3ccccc3)cc2)cc1. The number of para-hydroxylation sites is 4. The van der Waals surface area contributed by atoms with Crippen molar-refractivity contribution < 1.29 is 4.42 Å². The molecule has 76 heavy (non-hydrogen) atoms. The molecule has 0 bridgehead atoms. The molecule has 1 unspecified atom stereocenters. The van der Waals surface area contributed by atoms with E-state index in [0.29, 0.717) is 0 Å². The predicted octanol–water partition coefficient (Wildman–Crippen LogP) is 19.5. The first-order valence-electron chi connectivity index (χ1n) is 26.1. The van der Waals surface area contributed by atoms with Crippen molar-refractivity contribution in [1.29, 1.82) is 0 Å². The molecule has 356 valence electrons. The molecule has 1 aliphatic rings. The minimum atomic E-state index is -0.684. The molecule has 1 atom stereocenters. The second kappa shape index (κ2) is 17.6. The van der Waals surface area contributed by atoms with E-state index in [-0.39, 0.29) is 0 Å². The molecule has 3 heteroatoms. The molecule has 3 nitrogen and oxygen atoms in total. The van der Waals surface area contributed by atoms with E-state index in [1.165, 1.54) is 71.9 Å². The number of rotatable bonds is 9. The standard InChI is InChI=1S/C73H48N2O/c1-4-17-49(18-5-1)51-31-37-54(38-32-51)73(55-39-33-53(34-40-55)60-26-16-27-65-64-25-12-15-30-71(64)76-72(60)65)67-28-13-10-23-61(67)62-45-43-59(48-68(62)73)74(57-41-35-52(36-42-57)50-19-6-2-7-20-50)58-44-46-70-66(47-58)63-24-11-14-29-69(63)75(70)56-21-8-3-9-22-56/h1-48H. The lowest BCUT2D eigenvalue weighted by atomic mass is 9.67. The molecule has 0 amide bonds. The number of benzene rings is 12. The second-order valence-corrected chi connectivity index (χ2v) is 20.0. The fourth-order valence-corrected chi connectivity index (χ4v) is 12.4. The van der Waals surface area contributed by atoms with Gasteiger partial charge < -0.3 is 13.9 Å². The lowest BCUT2D eigenvalue weighted by Crippen LogP contribution is -2.28. The third kappa shape index (κ3) is 6.83. The molecular formula is C73H48N2O. The van der Waals surface area contributed by atoms with Crippen LogP contribution in [0.4, 0.5) is 17.1 Å². The zero-order valence-electron chi connectivity index (χ0n) is 41.5. The van der Waals surface area contributed by atoms with E-state index in [2.05, 4.69) is 295 Å². The van der Waals surface area contributed by atoms with Crippen LogP contribution in [0.25, 0.3) is 93.9 Å². The molecule has 0 radical (unpaired) electrons. The summed E-state index contributed by atoms with van der Waals surface area (Å²) in [5.41, 5.74) is 22.1. The van der Waals surface area contributed by atoms with E-state index in [1.54, 1.807) is 0 Å². The summed E-state index contributed by atoms with van der Waals surface area (Å²) < 4.78 is 8.98. The summed E-state index contributed by atoms with van der Waals surface area (Å²) in [6.07, 6.45) is 0. The Morgan fingerprint density at radius 1 is 0.303 bits per heavy atom. The monoisotopic (exact) mass is 968 g/mol. The van der Waals surface area contributed by atoms with Gasteiger partial charge in [-0.25, -0.2) is 0 Å². The van der Waals surface area contributed by atoms with Crippen LogP contribution in [-0.4, -0.2) is 4.57 Å². The van der Waals surface area contributed by atoms with Crippen LogP contribution in [0.5, 0.6) is 0 Å². The van der Waals surface area contributed by atoms with Gasteiger partial charge in [-0.15, -0.1) is 0 Å². The van der Waals surface area contributed by atoms with Crippen molar-refractivity contribution in [1.82, 2.24) is 4.57 Å². The summed E-state index contributed by atoms with van der Waals surface area (Å²) in [6.45, 7) is 0. The number of hydrogen-bond donors (Lipinski definition) is 0. The molecule has 0 aliphatic heterocycles. The Kier molecular flexibility index (Phi) is 10.1. The Hall–Kier alpha value is -9.96. The van der Waals surface area contributed by atoms with Crippen molar-refractivity contribution in [3.8, 4) is 50.2 Å². The predicted molar refractivity (Wildman–Crippen MR) is 316 cm³/mol. The van der Waals surface area contributed by atoms with Gasteiger partial charge in [-0.3, -0.25) is 0 Å². The lowest BCUT2D eigenvalue weighted by molar-refractivity contribution is 0.670. The van der Waals surface area contributed by atoms with Crippen LogP contribution < -0.4 is 4.90 Å². The number of aromatic nitrogens is 1. The molecule has 12 aromatic carbocycles. The van der Waals surface area contributed by atoms with Crippen LogP contribution in [0.15, 0.2) is 296 Å². The van der Waals surface area contributed by atoms with Crippen LogP contribution in [0.3, 0.4) is 0 Å². The number of anilines is 3. The average Bonchev–Trinajstić information content (AvgIpc) is 4.31. The molecule has 2 aromatic heterocycles. The summed E-state index contributed by atoms with van der Waals surface area (Å²) in [5, 5.41) is 4.66. The van der Waals surface area contributed by atoms with Crippen LogP contribution in [0.1, 0.15) is 22.3 Å². The second-order valence-electron chi connectivity index (χ2n) is 20.0. The summed E-state index contributed by atoms with van der Waals surface area (Å²) in [5.74, 6) is 0. The fourth-order valence-electron chi connectivity index (χ4n) is 12.4. The van der Waals surface area contributed by atoms with Crippen LogP contribution >= 0.6 is 0 Å². The normalized spacial score (nSPS) is 13.8. The molecular weight excluding hydrogens is 921 g/mol. The van der Waals surface area contributed by atoms with Crippen LogP contribution in [0, 0.1) is 0 Å². The number of furan rings is 1. The van der Waals surface area contributed by atoms with E-state index in [0.717, 1.165) is 61.3 Å². The largest absolute Gasteiger partial charge is 0.455 e. The zero-order chi connectivity index (χ0) is 50.2. The first kappa shape index (κ1) is 43.6. The van der Waals surface area contributed by atoms with Gasteiger partial charge in [0.25, 0.3) is 0 Å². The van der Waals surface area contributed by atoms with E-state index in [1.807, 2.05) is 6.07 Å². The molecule has 15 rings (SSSR count). The quantitative estimate of drug-likeness (QED) is 0.144. The Morgan fingerprint density at radius 2 is 0.803 bits per heavy atom. The molecule has 2 heterocycles. The molecule has 0 fully saturated rings. The minimum Gasteiger partial charge on any atom is -0.455 e. The van der Waals surface area contributed by atoms with Gasteiger partial charge >= 0.3 is 0 Å². The zero-order valence-corrected chi connectivity index (χ0v) is 41.5. The maximum atomic E-state index is 6.60. The number of hydrogen-bond acceptors (Lipinski definition) is 2. The molecule has 1 aliphatic carbocycles. The van der Waals surface area contributed by atoms with Crippen molar-refractivity contribution in [2.24, 2.45) is 0 Å². The fraction of sp³-hybridized carbons (Fsp3) is 0.0137. The van der Waals surface area contributed by atoms with Crippen molar-refractivity contribution in [3.63, 3.8) is 0 Å². The van der Waals surface area contributed by atoms with E-state index in [9.17, 15) is 0 Å². The van der Waals surface area contributed by atoms with E-state index >= 15 is 0 Å². The maximum Gasteiger partial charge on any atom is 0.143 e. The van der Waals surface area contributed by atoms with Crippen LogP contribution in [-0.2, 0) is 5.41 Å². The highest BCUT2D eigenvalue weighted by Gasteiger charge is 2.46. The topological polar surface area (TPSA) is 21.3 Å². The van der Waals surface area contributed by atoms with Crippen molar-refractivity contribution in [3.05, 3.63) is 313 Å². The highest BCUT2D eigenvalue weighted by atomic mass is 16.3. The number of nitrogens with zero attached hydrogens (tertiary/aromatic N) is 2. The van der Waals surface area contributed by atoms with Crippen molar-refractivity contribution >= 4 is 60.8 Å². The molecule has 14 aromatic rings. The summed E-state index contributed by atoms with van der Waals surface area (Å²) >= 11 is 0. The van der Waals surface area contributed by atoms with Gasteiger partial charge in [0, 0.05) is 49.9 Å². The van der Waals surface area contributed by atoms with Gasteiger partial charge in [0.05, 0.1) is 16.4 Å². The van der Waals surface area contributed by atoms with Crippen molar-refractivity contribution in [2.45, 2.75) is 5.41 Å². The summed E-state index contributed by atoms with van der Waals surface area (Å²) in [6, 6.07) is 107. The van der Waals surface area contributed by atoms with Crippen molar-refractivity contribution in [2.75, 3.05) is 4.90 Å². The smallest absolute Gasteiger partial charge is 0.143 e.